The zero-order valence-electron chi connectivity index (χ0n) is 10.2. The molecule has 0 amide bonds. The van der Waals surface area contributed by atoms with E-state index >= 15 is 0 Å². The Kier molecular flexibility index (Phi) is 2.38. The third kappa shape index (κ3) is 1.58. The number of hydrogen-bond donors (Lipinski definition) is 1. The Hall–Kier alpha value is -2.21. The van der Waals surface area contributed by atoms with E-state index in [9.17, 15) is 0 Å². The standard InChI is InChI=1S/C12H13N5O/c1-7-14-9-5-8(3-4-10(9)17(7)2)12-15-11(6-13)18-16-12/h3-5H,6,13H2,1-2H3. The fourth-order valence-corrected chi connectivity index (χ4v) is 1.91. The Morgan fingerprint density at radius 3 is 2.89 bits per heavy atom. The maximum Gasteiger partial charge on any atom is 0.240 e. The van der Waals surface area contributed by atoms with E-state index in [0.717, 1.165) is 22.4 Å². The van der Waals surface area contributed by atoms with E-state index in [4.69, 9.17) is 10.3 Å². The molecule has 0 saturated carbocycles. The highest BCUT2D eigenvalue weighted by molar-refractivity contribution is 5.81. The monoisotopic (exact) mass is 243 g/mol. The van der Waals surface area contributed by atoms with Gasteiger partial charge in [-0.05, 0) is 25.1 Å². The van der Waals surface area contributed by atoms with Crippen LogP contribution in [0.3, 0.4) is 0 Å². The van der Waals surface area contributed by atoms with E-state index in [-0.39, 0.29) is 6.54 Å². The normalized spacial score (nSPS) is 11.3. The molecule has 0 fully saturated rings. The highest BCUT2D eigenvalue weighted by Gasteiger charge is 2.10. The van der Waals surface area contributed by atoms with E-state index < -0.39 is 0 Å². The minimum Gasteiger partial charge on any atom is -0.338 e. The number of fused-ring (bicyclic) bond motifs is 1. The van der Waals surface area contributed by atoms with Crippen LogP contribution in [0.2, 0.25) is 0 Å². The molecule has 18 heavy (non-hydrogen) atoms. The van der Waals surface area contributed by atoms with Gasteiger partial charge >= 0.3 is 0 Å². The van der Waals surface area contributed by atoms with Crippen molar-refractivity contribution in [1.82, 2.24) is 19.7 Å². The molecular weight excluding hydrogens is 230 g/mol. The Morgan fingerprint density at radius 1 is 1.33 bits per heavy atom. The summed E-state index contributed by atoms with van der Waals surface area (Å²) in [5.74, 6) is 1.95. The molecule has 0 saturated heterocycles. The van der Waals surface area contributed by atoms with Gasteiger partial charge in [0.2, 0.25) is 11.7 Å². The minimum atomic E-state index is 0.248. The molecule has 0 bridgehead atoms. The third-order valence-corrected chi connectivity index (χ3v) is 3.01. The number of nitrogens with two attached hydrogens (primary N) is 1. The van der Waals surface area contributed by atoms with Crippen LogP contribution in [0.1, 0.15) is 11.7 Å². The topological polar surface area (TPSA) is 82.8 Å². The van der Waals surface area contributed by atoms with Gasteiger partial charge in [0, 0.05) is 12.6 Å². The Morgan fingerprint density at radius 2 is 2.17 bits per heavy atom. The number of nitrogens with zero attached hydrogens (tertiary/aromatic N) is 4. The molecule has 92 valence electrons. The van der Waals surface area contributed by atoms with Gasteiger partial charge in [0.25, 0.3) is 0 Å². The van der Waals surface area contributed by atoms with Gasteiger partial charge in [-0.2, -0.15) is 4.98 Å². The molecule has 3 rings (SSSR count). The highest BCUT2D eigenvalue weighted by Crippen LogP contribution is 2.22. The molecule has 0 aliphatic rings. The van der Waals surface area contributed by atoms with Crippen LogP contribution >= 0.6 is 0 Å². The first-order chi connectivity index (χ1) is 8.69. The van der Waals surface area contributed by atoms with Crippen LogP contribution in [0.5, 0.6) is 0 Å². The molecule has 6 heteroatoms. The number of benzene rings is 1. The molecule has 3 aromatic rings. The highest BCUT2D eigenvalue weighted by atomic mass is 16.5. The molecule has 0 aliphatic heterocycles. The second kappa shape index (κ2) is 3.92. The number of aryl methyl sites for hydroxylation is 2. The number of hydrogen-bond acceptors (Lipinski definition) is 5. The molecule has 2 N–H and O–H groups in total. The van der Waals surface area contributed by atoms with Gasteiger partial charge in [0.1, 0.15) is 5.82 Å². The lowest BCUT2D eigenvalue weighted by atomic mass is 10.2. The van der Waals surface area contributed by atoms with Gasteiger partial charge in [0.15, 0.2) is 0 Å². The van der Waals surface area contributed by atoms with E-state index in [2.05, 4.69) is 15.1 Å². The Balaban J connectivity index is 2.13. The van der Waals surface area contributed by atoms with Crippen molar-refractivity contribution in [1.29, 1.82) is 0 Å². The van der Waals surface area contributed by atoms with Crippen molar-refractivity contribution in [3.8, 4) is 11.4 Å². The lowest BCUT2D eigenvalue weighted by molar-refractivity contribution is 0.380. The van der Waals surface area contributed by atoms with Crippen molar-refractivity contribution < 1.29 is 4.52 Å². The summed E-state index contributed by atoms with van der Waals surface area (Å²) in [6.45, 7) is 2.22. The zero-order chi connectivity index (χ0) is 12.7. The second-order valence-electron chi connectivity index (χ2n) is 4.14. The zero-order valence-corrected chi connectivity index (χ0v) is 10.2. The summed E-state index contributed by atoms with van der Waals surface area (Å²) < 4.78 is 7.04. The van der Waals surface area contributed by atoms with Gasteiger partial charge in [-0.25, -0.2) is 4.98 Å². The lowest BCUT2D eigenvalue weighted by Gasteiger charge is -1.97. The van der Waals surface area contributed by atoms with E-state index in [1.54, 1.807) is 0 Å². The van der Waals surface area contributed by atoms with Gasteiger partial charge in [-0.1, -0.05) is 5.16 Å². The fraction of sp³-hybridized carbons (Fsp3) is 0.250. The second-order valence-corrected chi connectivity index (χ2v) is 4.14. The molecule has 0 unspecified atom stereocenters. The minimum absolute atomic E-state index is 0.248. The van der Waals surface area contributed by atoms with Gasteiger partial charge in [-0.3, -0.25) is 0 Å². The van der Waals surface area contributed by atoms with Crippen molar-refractivity contribution in [3.05, 3.63) is 29.9 Å². The van der Waals surface area contributed by atoms with Crippen molar-refractivity contribution in [2.75, 3.05) is 0 Å². The predicted octanol–water partition coefficient (Wildman–Crippen LogP) is 1.39. The average molecular weight is 243 g/mol. The fourth-order valence-electron chi connectivity index (χ4n) is 1.91. The number of imidazole rings is 1. The summed E-state index contributed by atoms with van der Waals surface area (Å²) in [6.07, 6.45) is 0. The van der Waals surface area contributed by atoms with E-state index in [1.807, 2.05) is 36.7 Å². The molecule has 0 aliphatic carbocycles. The van der Waals surface area contributed by atoms with Crippen LogP contribution in [0, 0.1) is 6.92 Å². The number of aromatic nitrogens is 4. The molecular formula is C12H13N5O. The lowest BCUT2D eigenvalue weighted by Crippen LogP contribution is -1.95. The largest absolute Gasteiger partial charge is 0.338 e. The SMILES string of the molecule is Cc1nc2cc(-c3noc(CN)n3)ccc2n1C. The summed E-state index contributed by atoms with van der Waals surface area (Å²) in [4.78, 5) is 8.68. The van der Waals surface area contributed by atoms with Gasteiger partial charge < -0.3 is 14.8 Å². The molecule has 2 aromatic heterocycles. The summed E-state index contributed by atoms with van der Waals surface area (Å²) in [6, 6.07) is 5.91. The van der Waals surface area contributed by atoms with Crippen LogP contribution in [0.25, 0.3) is 22.4 Å². The first-order valence-electron chi connectivity index (χ1n) is 5.65. The predicted molar refractivity (Wildman–Crippen MR) is 66.6 cm³/mol. The quantitative estimate of drug-likeness (QED) is 0.735. The molecule has 0 spiro atoms. The Labute approximate surface area is 103 Å². The summed E-state index contributed by atoms with van der Waals surface area (Å²) >= 11 is 0. The van der Waals surface area contributed by atoms with Crippen LogP contribution in [0.4, 0.5) is 0 Å². The Bertz CT molecular complexity index is 712. The van der Waals surface area contributed by atoms with Crippen LogP contribution < -0.4 is 5.73 Å². The van der Waals surface area contributed by atoms with Crippen molar-refractivity contribution in [2.45, 2.75) is 13.5 Å². The summed E-state index contributed by atoms with van der Waals surface area (Å²) in [5.41, 5.74) is 8.33. The smallest absolute Gasteiger partial charge is 0.240 e. The van der Waals surface area contributed by atoms with Gasteiger partial charge in [-0.15, -0.1) is 0 Å². The van der Waals surface area contributed by atoms with Gasteiger partial charge in [0.05, 0.1) is 17.6 Å². The van der Waals surface area contributed by atoms with Crippen LogP contribution in [-0.2, 0) is 13.6 Å². The molecule has 0 atom stereocenters. The van der Waals surface area contributed by atoms with Crippen LogP contribution in [0.15, 0.2) is 22.7 Å². The third-order valence-electron chi connectivity index (χ3n) is 3.01. The maximum atomic E-state index is 5.44. The molecule has 2 heterocycles. The summed E-state index contributed by atoms with van der Waals surface area (Å²) in [7, 11) is 1.99. The average Bonchev–Trinajstić information content (AvgIpc) is 2.95. The van der Waals surface area contributed by atoms with Crippen LogP contribution in [-0.4, -0.2) is 19.7 Å². The van der Waals surface area contributed by atoms with E-state index in [1.165, 1.54) is 0 Å². The first kappa shape index (κ1) is 10.9. The molecule has 1 aromatic carbocycles. The molecule has 6 nitrogen and oxygen atoms in total. The summed E-state index contributed by atoms with van der Waals surface area (Å²) in [5, 5.41) is 3.89. The van der Waals surface area contributed by atoms with Crippen molar-refractivity contribution >= 4 is 11.0 Å². The maximum absolute atomic E-state index is 5.44. The number of rotatable bonds is 2. The van der Waals surface area contributed by atoms with E-state index in [0.29, 0.717) is 11.7 Å². The van der Waals surface area contributed by atoms with Crippen molar-refractivity contribution in [2.24, 2.45) is 12.8 Å². The van der Waals surface area contributed by atoms with Crippen molar-refractivity contribution in [3.63, 3.8) is 0 Å². The first-order valence-corrected chi connectivity index (χ1v) is 5.65. The molecule has 0 radical (unpaired) electrons.